The van der Waals surface area contributed by atoms with Crippen molar-refractivity contribution in [2.24, 2.45) is 23.0 Å². The third-order valence-corrected chi connectivity index (χ3v) is 7.24. The summed E-state index contributed by atoms with van der Waals surface area (Å²) in [5.74, 6) is 0.722. The number of anilines is 1. The molecule has 1 aromatic carbocycles. The number of primary amides is 1. The molecule has 4 N–H and O–H groups in total. The Morgan fingerprint density at radius 1 is 1.30 bits per heavy atom. The van der Waals surface area contributed by atoms with Crippen LogP contribution in [-0.4, -0.2) is 23.5 Å². The van der Waals surface area contributed by atoms with E-state index in [0.717, 1.165) is 24.8 Å². The smallest absolute Gasteiger partial charge is 0.257 e. The molecule has 0 fully saturated rings. The molecule has 1 aliphatic rings. The van der Waals surface area contributed by atoms with Gasteiger partial charge in [-0.05, 0) is 72.5 Å². The van der Waals surface area contributed by atoms with Gasteiger partial charge in [0.05, 0.1) is 12.2 Å². The van der Waals surface area contributed by atoms with Gasteiger partial charge in [-0.2, -0.15) is 0 Å². The van der Waals surface area contributed by atoms with Gasteiger partial charge in [-0.3, -0.25) is 14.9 Å². The number of hydrogen-bond donors (Lipinski definition) is 3. The second kappa shape index (κ2) is 10.2. The fourth-order valence-corrected chi connectivity index (χ4v) is 5.57. The van der Waals surface area contributed by atoms with Gasteiger partial charge in [0.1, 0.15) is 10.8 Å². The maximum Gasteiger partial charge on any atom is 0.257 e. The lowest BCUT2D eigenvalue weighted by Crippen LogP contribution is -2.34. The van der Waals surface area contributed by atoms with E-state index in [1.807, 2.05) is 6.07 Å². The lowest BCUT2D eigenvalue weighted by molar-refractivity contribution is 0.0975. The normalized spacial score (nSPS) is 15.6. The molecule has 0 radical (unpaired) electrons. The largest absolute Gasteiger partial charge is 0.493 e. The van der Waals surface area contributed by atoms with Crippen LogP contribution in [0.4, 0.5) is 5.00 Å². The SMILES string of the molecule is CC(C)COc1cccc(C(=O)NC(=S)Nc2sc3c(c2C(N)=O)CC[C@@H](C(C)(C)C)C3)c1. The molecular weight excluding hydrogens is 454 g/mol. The number of nitrogens with one attached hydrogen (secondary N) is 2. The number of nitrogens with two attached hydrogens (primary N) is 1. The van der Waals surface area contributed by atoms with E-state index >= 15 is 0 Å². The van der Waals surface area contributed by atoms with Crippen LogP contribution in [-0.2, 0) is 12.8 Å². The van der Waals surface area contributed by atoms with Gasteiger partial charge in [0.2, 0.25) is 0 Å². The number of hydrogen-bond acceptors (Lipinski definition) is 5. The molecule has 1 atom stereocenters. The molecule has 1 aliphatic carbocycles. The minimum absolute atomic E-state index is 0.127. The molecule has 33 heavy (non-hydrogen) atoms. The van der Waals surface area contributed by atoms with E-state index in [2.05, 4.69) is 45.3 Å². The Kier molecular flexibility index (Phi) is 7.80. The first kappa shape index (κ1) is 25.2. The molecule has 1 heterocycles. The van der Waals surface area contributed by atoms with E-state index in [4.69, 9.17) is 22.7 Å². The van der Waals surface area contributed by atoms with Crippen molar-refractivity contribution in [3.05, 3.63) is 45.8 Å². The summed E-state index contributed by atoms with van der Waals surface area (Å²) in [6.45, 7) is 11.4. The number of fused-ring (bicyclic) bond motifs is 1. The summed E-state index contributed by atoms with van der Waals surface area (Å²) < 4.78 is 5.70. The Hall–Kier alpha value is -2.45. The second-order valence-electron chi connectivity index (χ2n) is 10.0. The van der Waals surface area contributed by atoms with E-state index in [1.165, 1.54) is 16.2 Å². The summed E-state index contributed by atoms with van der Waals surface area (Å²) >= 11 is 6.88. The lowest BCUT2D eigenvalue weighted by Gasteiger charge is -2.33. The standard InChI is InChI=1S/C25H33N3O3S2/c1-14(2)13-31-17-8-6-7-15(11-17)22(30)27-24(32)28-23-20(21(26)29)18-10-9-16(25(3,4)5)12-19(18)33-23/h6-8,11,14,16H,9-10,12-13H2,1-5H3,(H2,26,29)(H2,27,28,30,32)/t16-/m1/s1. The molecule has 0 aliphatic heterocycles. The highest BCUT2D eigenvalue weighted by molar-refractivity contribution is 7.80. The molecular formula is C25H33N3O3S2. The second-order valence-corrected chi connectivity index (χ2v) is 11.5. The van der Waals surface area contributed by atoms with Crippen LogP contribution in [0, 0.1) is 17.3 Å². The van der Waals surface area contributed by atoms with Crippen molar-refractivity contribution < 1.29 is 14.3 Å². The van der Waals surface area contributed by atoms with Crippen molar-refractivity contribution in [1.82, 2.24) is 5.32 Å². The molecule has 0 unspecified atom stereocenters. The highest BCUT2D eigenvalue weighted by atomic mass is 32.1. The Labute approximate surface area is 205 Å². The first-order valence-electron chi connectivity index (χ1n) is 11.2. The number of thiocarbonyl (C=S) groups is 1. The number of carbonyl (C=O) groups excluding carboxylic acids is 2. The molecule has 8 heteroatoms. The first-order chi connectivity index (χ1) is 15.5. The summed E-state index contributed by atoms with van der Waals surface area (Å²) in [5.41, 5.74) is 7.86. The van der Waals surface area contributed by atoms with Crippen molar-refractivity contribution in [2.75, 3.05) is 11.9 Å². The molecule has 2 aromatic rings. The van der Waals surface area contributed by atoms with Crippen LogP contribution in [0.3, 0.4) is 0 Å². The summed E-state index contributed by atoms with van der Waals surface area (Å²) in [6, 6.07) is 6.97. The zero-order valence-corrected chi connectivity index (χ0v) is 21.5. The monoisotopic (exact) mass is 487 g/mol. The molecule has 0 spiro atoms. The number of ether oxygens (including phenoxy) is 1. The van der Waals surface area contributed by atoms with Crippen LogP contribution >= 0.6 is 23.6 Å². The van der Waals surface area contributed by atoms with Crippen molar-refractivity contribution in [3.63, 3.8) is 0 Å². The maximum absolute atomic E-state index is 12.7. The van der Waals surface area contributed by atoms with E-state index in [1.54, 1.807) is 18.2 Å². The topological polar surface area (TPSA) is 93.4 Å². The highest BCUT2D eigenvalue weighted by Crippen LogP contribution is 2.44. The zero-order valence-electron chi connectivity index (χ0n) is 19.9. The van der Waals surface area contributed by atoms with Gasteiger partial charge < -0.3 is 15.8 Å². The fraction of sp³-hybridized carbons (Fsp3) is 0.480. The van der Waals surface area contributed by atoms with Gasteiger partial charge >= 0.3 is 0 Å². The average Bonchev–Trinajstić information content (AvgIpc) is 3.08. The number of rotatable bonds is 6. The quantitative estimate of drug-likeness (QED) is 0.490. The van der Waals surface area contributed by atoms with E-state index < -0.39 is 5.91 Å². The molecule has 2 amide bonds. The van der Waals surface area contributed by atoms with E-state index in [9.17, 15) is 9.59 Å². The van der Waals surface area contributed by atoms with Crippen molar-refractivity contribution >= 4 is 45.5 Å². The Morgan fingerprint density at radius 2 is 2.03 bits per heavy atom. The predicted octanol–water partition coefficient (Wildman–Crippen LogP) is 5.16. The van der Waals surface area contributed by atoms with E-state index in [-0.39, 0.29) is 16.4 Å². The molecule has 6 nitrogen and oxygen atoms in total. The van der Waals surface area contributed by atoms with Crippen LogP contribution in [0.5, 0.6) is 5.75 Å². The minimum Gasteiger partial charge on any atom is -0.493 e. The number of carbonyl (C=O) groups is 2. The van der Waals surface area contributed by atoms with Crippen molar-refractivity contribution in [3.8, 4) is 5.75 Å². The zero-order chi connectivity index (χ0) is 24.3. The molecule has 0 saturated heterocycles. The summed E-state index contributed by atoms with van der Waals surface area (Å²) in [6.07, 6.45) is 2.74. The number of thiophene rings is 1. The van der Waals surface area contributed by atoms with Crippen LogP contribution in [0.15, 0.2) is 24.3 Å². The van der Waals surface area contributed by atoms with Crippen LogP contribution in [0.2, 0.25) is 0 Å². The van der Waals surface area contributed by atoms with Gasteiger partial charge in [0.15, 0.2) is 5.11 Å². The maximum atomic E-state index is 12.7. The summed E-state index contributed by atoms with van der Waals surface area (Å²) in [4.78, 5) is 26.1. The van der Waals surface area contributed by atoms with Gasteiger partial charge in [-0.25, -0.2) is 0 Å². The third kappa shape index (κ3) is 6.32. The predicted molar refractivity (Wildman–Crippen MR) is 138 cm³/mol. The molecule has 1 aromatic heterocycles. The van der Waals surface area contributed by atoms with Crippen molar-refractivity contribution in [1.29, 1.82) is 0 Å². The van der Waals surface area contributed by atoms with Gasteiger partial charge in [0, 0.05) is 10.4 Å². The Bertz CT molecular complexity index is 1050. The fourth-order valence-electron chi connectivity index (χ4n) is 3.97. The molecule has 0 saturated carbocycles. The highest BCUT2D eigenvalue weighted by Gasteiger charge is 2.33. The molecule has 3 rings (SSSR count). The van der Waals surface area contributed by atoms with Gasteiger partial charge in [-0.15, -0.1) is 11.3 Å². The number of amides is 2. The minimum atomic E-state index is -0.478. The van der Waals surface area contributed by atoms with Crippen LogP contribution < -0.4 is 21.1 Å². The summed E-state index contributed by atoms with van der Waals surface area (Å²) in [5, 5.41) is 6.47. The third-order valence-electron chi connectivity index (χ3n) is 5.87. The molecule has 178 valence electrons. The first-order valence-corrected chi connectivity index (χ1v) is 12.5. The summed E-state index contributed by atoms with van der Waals surface area (Å²) in [7, 11) is 0. The Morgan fingerprint density at radius 3 is 2.67 bits per heavy atom. The lowest BCUT2D eigenvalue weighted by atomic mass is 9.72. The van der Waals surface area contributed by atoms with Crippen LogP contribution in [0.25, 0.3) is 0 Å². The van der Waals surface area contributed by atoms with Crippen molar-refractivity contribution in [2.45, 2.75) is 53.9 Å². The van der Waals surface area contributed by atoms with Crippen LogP contribution in [0.1, 0.15) is 72.2 Å². The van der Waals surface area contributed by atoms with E-state index in [0.29, 0.717) is 40.3 Å². The Balaban J connectivity index is 1.72. The average molecular weight is 488 g/mol. The van der Waals surface area contributed by atoms with Gasteiger partial charge in [0.25, 0.3) is 11.8 Å². The van der Waals surface area contributed by atoms with Gasteiger partial charge in [-0.1, -0.05) is 40.7 Å². The number of benzene rings is 1. The molecule has 0 bridgehead atoms.